The van der Waals surface area contributed by atoms with Crippen LogP contribution in [0, 0.1) is 0 Å². The summed E-state index contributed by atoms with van der Waals surface area (Å²) in [6.07, 6.45) is 5.68. The fraction of sp³-hybridized carbons (Fsp3) is 0.368. The number of aromatic nitrogens is 1. The molecular weight excluding hydrogens is 290 g/mol. The number of carbonyl (C=O) groups is 1. The highest BCUT2D eigenvalue weighted by Gasteiger charge is 2.20. The van der Waals surface area contributed by atoms with Gasteiger partial charge in [0.25, 0.3) is 0 Å². The smallest absolute Gasteiger partial charge is 0.356 e. The number of benzene rings is 1. The van der Waals surface area contributed by atoms with Crippen molar-refractivity contribution >= 4 is 5.97 Å². The minimum Gasteiger partial charge on any atom is -0.490 e. The highest BCUT2D eigenvalue weighted by atomic mass is 16.5. The average molecular weight is 311 g/mol. The summed E-state index contributed by atoms with van der Waals surface area (Å²) in [6.45, 7) is 2.18. The third kappa shape index (κ3) is 3.52. The van der Waals surface area contributed by atoms with E-state index in [1.807, 2.05) is 0 Å². The lowest BCUT2D eigenvalue weighted by Gasteiger charge is -2.26. The Morgan fingerprint density at radius 1 is 1.26 bits per heavy atom. The molecule has 0 bridgehead atoms. The molecule has 2 aromatic rings. The molecule has 1 heterocycles. The molecule has 0 N–H and O–H groups in total. The molecule has 120 valence electrons. The highest BCUT2D eigenvalue weighted by Crippen LogP contribution is 2.26. The normalized spacial score (nSPS) is 16.5. The van der Waals surface area contributed by atoms with E-state index in [0.717, 1.165) is 25.7 Å². The Hall–Kier alpha value is -2.36. The molecule has 1 unspecified atom stereocenters. The summed E-state index contributed by atoms with van der Waals surface area (Å²) in [7, 11) is 1.35. The lowest BCUT2D eigenvalue weighted by molar-refractivity contribution is 0.0593. The SMILES string of the molecule is CCc1ccc2c(c1)CCC(Oc1ccnc(C(=O)OC)c1)C2. The maximum atomic E-state index is 11.5. The first-order chi connectivity index (χ1) is 11.2. The van der Waals surface area contributed by atoms with Gasteiger partial charge in [0.1, 0.15) is 11.9 Å². The van der Waals surface area contributed by atoms with E-state index >= 15 is 0 Å². The molecule has 1 aliphatic rings. The van der Waals surface area contributed by atoms with Gasteiger partial charge in [0.2, 0.25) is 0 Å². The predicted octanol–water partition coefficient (Wildman–Crippen LogP) is 3.37. The predicted molar refractivity (Wildman–Crippen MR) is 87.8 cm³/mol. The molecule has 0 amide bonds. The van der Waals surface area contributed by atoms with Crippen LogP contribution in [0.5, 0.6) is 5.75 Å². The number of carbonyl (C=O) groups excluding carboxylic acids is 1. The largest absolute Gasteiger partial charge is 0.490 e. The van der Waals surface area contributed by atoms with Gasteiger partial charge in [-0.1, -0.05) is 25.1 Å². The van der Waals surface area contributed by atoms with E-state index in [2.05, 4.69) is 30.1 Å². The standard InChI is InChI=1S/C19H21NO3/c1-3-13-4-5-15-11-16(7-6-14(15)10-13)23-17-8-9-20-18(12-17)19(21)22-2/h4-5,8-10,12,16H,3,6-7,11H2,1-2H3. The van der Waals surface area contributed by atoms with E-state index in [9.17, 15) is 4.79 Å². The van der Waals surface area contributed by atoms with Crippen molar-refractivity contribution in [1.29, 1.82) is 0 Å². The van der Waals surface area contributed by atoms with Crippen LogP contribution in [0.15, 0.2) is 36.5 Å². The zero-order valence-electron chi connectivity index (χ0n) is 13.5. The molecule has 4 heteroatoms. The van der Waals surface area contributed by atoms with Crippen LogP contribution in [0.1, 0.15) is 40.5 Å². The quantitative estimate of drug-likeness (QED) is 0.812. The molecule has 1 aromatic heterocycles. The maximum Gasteiger partial charge on any atom is 0.356 e. The summed E-state index contributed by atoms with van der Waals surface area (Å²) in [6, 6.07) is 10.1. The van der Waals surface area contributed by atoms with Crippen LogP contribution in [-0.2, 0) is 24.0 Å². The summed E-state index contributed by atoms with van der Waals surface area (Å²) >= 11 is 0. The Labute approximate surface area is 136 Å². The van der Waals surface area contributed by atoms with Crippen LogP contribution in [-0.4, -0.2) is 24.2 Å². The highest BCUT2D eigenvalue weighted by molar-refractivity contribution is 5.87. The number of pyridine rings is 1. The van der Waals surface area contributed by atoms with Crippen LogP contribution in [0.3, 0.4) is 0 Å². The Morgan fingerprint density at radius 3 is 2.91 bits per heavy atom. The topological polar surface area (TPSA) is 48.4 Å². The summed E-state index contributed by atoms with van der Waals surface area (Å²) in [4.78, 5) is 15.5. The maximum absolute atomic E-state index is 11.5. The number of aryl methyl sites for hydroxylation is 2. The van der Waals surface area contributed by atoms with Crippen molar-refractivity contribution in [2.75, 3.05) is 7.11 Å². The molecule has 3 rings (SSSR count). The Balaban J connectivity index is 1.71. The van der Waals surface area contributed by atoms with Crippen LogP contribution in [0.4, 0.5) is 0 Å². The number of ether oxygens (including phenoxy) is 2. The van der Waals surface area contributed by atoms with E-state index in [-0.39, 0.29) is 11.8 Å². The van der Waals surface area contributed by atoms with Crippen molar-refractivity contribution in [3.63, 3.8) is 0 Å². The number of rotatable bonds is 4. The average Bonchev–Trinajstić information content (AvgIpc) is 2.60. The fourth-order valence-corrected chi connectivity index (χ4v) is 2.99. The van der Waals surface area contributed by atoms with Gasteiger partial charge >= 0.3 is 5.97 Å². The second-order valence-electron chi connectivity index (χ2n) is 5.81. The molecule has 0 spiro atoms. The van der Waals surface area contributed by atoms with Gasteiger partial charge in [-0.25, -0.2) is 9.78 Å². The van der Waals surface area contributed by atoms with Gasteiger partial charge in [-0.05, 0) is 42.0 Å². The molecule has 1 atom stereocenters. The lowest BCUT2D eigenvalue weighted by Crippen LogP contribution is -2.25. The van der Waals surface area contributed by atoms with Crippen LogP contribution in [0.2, 0.25) is 0 Å². The number of esters is 1. The van der Waals surface area contributed by atoms with E-state index in [1.165, 1.54) is 23.8 Å². The number of nitrogens with zero attached hydrogens (tertiary/aromatic N) is 1. The lowest BCUT2D eigenvalue weighted by atomic mass is 9.88. The number of hydrogen-bond acceptors (Lipinski definition) is 4. The second-order valence-corrected chi connectivity index (χ2v) is 5.81. The second kappa shape index (κ2) is 6.82. The summed E-state index contributed by atoms with van der Waals surface area (Å²) in [5, 5.41) is 0. The van der Waals surface area contributed by atoms with E-state index in [0.29, 0.717) is 5.75 Å². The van der Waals surface area contributed by atoms with Gasteiger partial charge in [-0.2, -0.15) is 0 Å². The molecule has 0 saturated carbocycles. The van der Waals surface area contributed by atoms with E-state index in [4.69, 9.17) is 9.47 Å². The van der Waals surface area contributed by atoms with Gasteiger partial charge in [0, 0.05) is 18.7 Å². The zero-order valence-corrected chi connectivity index (χ0v) is 13.5. The molecule has 0 aliphatic heterocycles. The van der Waals surface area contributed by atoms with Crippen LogP contribution < -0.4 is 4.74 Å². The van der Waals surface area contributed by atoms with Gasteiger partial charge in [-0.15, -0.1) is 0 Å². The first-order valence-corrected chi connectivity index (χ1v) is 8.01. The minimum atomic E-state index is -0.448. The Bertz CT molecular complexity index is 712. The van der Waals surface area contributed by atoms with Crippen molar-refractivity contribution in [2.45, 2.75) is 38.7 Å². The summed E-state index contributed by atoms with van der Waals surface area (Å²) < 4.78 is 10.7. The van der Waals surface area contributed by atoms with Gasteiger partial charge in [-0.3, -0.25) is 0 Å². The van der Waals surface area contributed by atoms with Crippen molar-refractivity contribution in [3.05, 3.63) is 58.9 Å². The molecular formula is C19H21NO3. The summed E-state index contributed by atoms with van der Waals surface area (Å²) in [5.74, 6) is 0.218. The molecule has 1 aromatic carbocycles. The van der Waals surface area contributed by atoms with Crippen molar-refractivity contribution in [2.24, 2.45) is 0 Å². The first-order valence-electron chi connectivity index (χ1n) is 8.01. The van der Waals surface area contributed by atoms with Crippen LogP contribution >= 0.6 is 0 Å². The van der Waals surface area contributed by atoms with Crippen molar-refractivity contribution < 1.29 is 14.3 Å². The zero-order chi connectivity index (χ0) is 16.2. The third-order valence-corrected chi connectivity index (χ3v) is 4.29. The molecule has 0 radical (unpaired) electrons. The minimum absolute atomic E-state index is 0.128. The fourth-order valence-electron chi connectivity index (χ4n) is 2.99. The molecule has 1 aliphatic carbocycles. The van der Waals surface area contributed by atoms with Crippen LogP contribution in [0.25, 0.3) is 0 Å². The van der Waals surface area contributed by atoms with E-state index in [1.54, 1.807) is 18.3 Å². The first kappa shape index (κ1) is 15.5. The van der Waals surface area contributed by atoms with Gasteiger partial charge < -0.3 is 9.47 Å². The van der Waals surface area contributed by atoms with Gasteiger partial charge in [0.15, 0.2) is 5.69 Å². The van der Waals surface area contributed by atoms with Crippen molar-refractivity contribution in [3.8, 4) is 5.75 Å². The Morgan fingerprint density at radius 2 is 2.13 bits per heavy atom. The monoisotopic (exact) mass is 311 g/mol. The molecule has 4 nitrogen and oxygen atoms in total. The Kier molecular flexibility index (Phi) is 4.60. The number of methoxy groups -OCH3 is 1. The molecule has 0 fully saturated rings. The molecule has 0 saturated heterocycles. The number of hydrogen-bond donors (Lipinski definition) is 0. The van der Waals surface area contributed by atoms with E-state index < -0.39 is 5.97 Å². The van der Waals surface area contributed by atoms with Crippen molar-refractivity contribution in [1.82, 2.24) is 4.98 Å². The number of fused-ring (bicyclic) bond motifs is 1. The molecule has 23 heavy (non-hydrogen) atoms. The van der Waals surface area contributed by atoms with Gasteiger partial charge in [0.05, 0.1) is 7.11 Å². The summed E-state index contributed by atoms with van der Waals surface area (Å²) in [5.41, 5.74) is 4.46. The third-order valence-electron chi connectivity index (χ3n) is 4.29.